The Balaban J connectivity index is 1.91. The molecule has 0 N–H and O–H groups in total. The molecule has 4 rings (SSSR count). The van der Waals surface area contributed by atoms with Crippen molar-refractivity contribution in [2.24, 2.45) is 0 Å². The van der Waals surface area contributed by atoms with Gasteiger partial charge in [-0.15, -0.1) is 10.2 Å². The number of fused-ring (bicyclic) bond motifs is 1. The molecule has 3 aromatic heterocycles. The number of nitrogens with zero attached hydrogens (tertiary/aromatic N) is 5. The van der Waals surface area contributed by atoms with Crippen LogP contribution < -0.4 is 5.56 Å². The van der Waals surface area contributed by atoms with Crippen LogP contribution >= 0.6 is 0 Å². The first-order valence-electron chi connectivity index (χ1n) is 8.56. The first kappa shape index (κ1) is 17.0. The monoisotopic (exact) mass is 373 g/mol. The Kier molecular flexibility index (Phi) is 4.39. The van der Waals surface area contributed by atoms with Crippen LogP contribution in [0.1, 0.15) is 49.1 Å². The number of rotatable bonds is 4. The Morgan fingerprint density at radius 3 is 2.73 bits per heavy atom. The molecule has 0 spiro atoms. The number of hydrogen-bond donors (Lipinski definition) is 0. The van der Waals surface area contributed by atoms with Crippen molar-refractivity contribution in [3.05, 3.63) is 40.0 Å². The second-order valence-corrected chi connectivity index (χ2v) is 7.83. The van der Waals surface area contributed by atoms with Crippen LogP contribution in [0, 0.1) is 6.92 Å². The minimum Gasteiger partial charge on any atom is -0.425 e. The molecular formula is C17H19N5O3S. The van der Waals surface area contributed by atoms with Crippen molar-refractivity contribution in [3.63, 3.8) is 0 Å². The van der Waals surface area contributed by atoms with Crippen molar-refractivity contribution in [3.8, 4) is 0 Å². The predicted molar refractivity (Wildman–Crippen MR) is 95.5 cm³/mol. The highest BCUT2D eigenvalue weighted by Gasteiger charge is 2.23. The van der Waals surface area contributed by atoms with Crippen LogP contribution in [0.2, 0.25) is 0 Å². The summed E-state index contributed by atoms with van der Waals surface area (Å²) in [4.78, 5) is 21.8. The van der Waals surface area contributed by atoms with E-state index in [0.29, 0.717) is 23.0 Å². The first-order chi connectivity index (χ1) is 12.5. The van der Waals surface area contributed by atoms with Gasteiger partial charge < -0.3 is 4.42 Å². The predicted octanol–water partition coefficient (Wildman–Crippen LogP) is 1.93. The van der Waals surface area contributed by atoms with Crippen molar-refractivity contribution in [2.45, 2.75) is 50.2 Å². The van der Waals surface area contributed by atoms with Gasteiger partial charge in [-0.1, -0.05) is 12.8 Å². The molecule has 1 atom stereocenters. The molecule has 0 amide bonds. The molecule has 1 unspecified atom stereocenters. The highest BCUT2D eigenvalue weighted by molar-refractivity contribution is 7.84. The Morgan fingerprint density at radius 1 is 1.31 bits per heavy atom. The van der Waals surface area contributed by atoms with Gasteiger partial charge in [-0.25, -0.2) is 9.97 Å². The zero-order valence-corrected chi connectivity index (χ0v) is 15.5. The van der Waals surface area contributed by atoms with Gasteiger partial charge in [-0.2, -0.15) is 0 Å². The van der Waals surface area contributed by atoms with Gasteiger partial charge in [0.05, 0.1) is 17.2 Å². The second kappa shape index (κ2) is 6.71. The lowest BCUT2D eigenvalue weighted by atomic mass is 10.1. The average Bonchev–Trinajstić information content (AvgIpc) is 3.27. The third-order valence-electron chi connectivity index (χ3n) is 4.68. The molecule has 9 heteroatoms. The fourth-order valence-electron chi connectivity index (χ4n) is 3.50. The van der Waals surface area contributed by atoms with Gasteiger partial charge >= 0.3 is 0 Å². The van der Waals surface area contributed by atoms with E-state index in [2.05, 4.69) is 20.2 Å². The molecule has 0 aromatic carbocycles. The Morgan fingerprint density at radius 2 is 2.08 bits per heavy atom. The largest absolute Gasteiger partial charge is 0.425 e. The molecule has 1 aliphatic carbocycles. The van der Waals surface area contributed by atoms with E-state index in [1.807, 2.05) is 0 Å². The lowest BCUT2D eigenvalue weighted by molar-refractivity contribution is 0.473. The average molecular weight is 373 g/mol. The highest BCUT2D eigenvalue weighted by Crippen LogP contribution is 2.30. The molecule has 1 saturated carbocycles. The van der Waals surface area contributed by atoms with Crippen LogP contribution in [0.25, 0.3) is 11.0 Å². The molecule has 0 aliphatic heterocycles. The minimum absolute atomic E-state index is 0.0995. The Bertz CT molecular complexity index is 1050. The molecule has 8 nitrogen and oxygen atoms in total. The molecule has 1 aliphatic rings. The van der Waals surface area contributed by atoms with Gasteiger partial charge in [0, 0.05) is 36.4 Å². The summed E-state index contributed by atoms with van der Waals surface area (Å²) in [6, 6.07) is 1.87. The fraction of sp³-hybridized carbons (Fsp3) is 0.471. The summed E-state index contributed by atoms with van der Waals surface area (Å²) in [5, 5.41) is 8.80. The Hall–Kier alpha value is -2.42. The SMILES string of the molecule is Cc1nnc(Cc2cc3cnc(S(C)=O)nc3n(C3CCCC3)c2=O)o1. The summed E-state index contributed by atoms with van der Waals surface area (Å²) >= 11 is 0. The van der Waals surface area contributed by atoms with Gasteiger partial charge in [0.1, 0.15) is 5.65 Å². The third-order valence-corrected chi connectivity index (χ3v) is 5.39. The number of hydrogen-bond acceptors (Lipinski definition) is 7. The maximum absolute atomic E-state index is 13.2. The summed E-state index contributed by atoms with van der Waals surface area (Å²) in [6.45, 7) is 1.72. The molecule has 0 radical (unpaired) electrons. The molecule has 3 heterocycles. The number of aromatic nitrogens is 5. The molecule has 1 fully saturated rings. The van der Waals surface area contributed by atoms with Gasteiger partial charge in [-0.05, 0) is 18.9 Å². The topological polar surface area (TPSA) is 104 Å². The summed E-state index contributed by atoms with van der Waals surface area (Å²) in [6.07, 6.45) is 7.48. The van der Waals surface area contributed by atoms with Crippen molar-refractivity contribution in [1.82, 2.24) is 24.7 Å². The molecule has 0 bridgehead atoms. The lowest BCUT2D eigenvalue weighted by Gasteiger charge is -2.17. The van der Waals surface area contributed by atoms with Gasteiger partial charge in [0.2, 0.25) is 16.9 Å². The van der Waals surface area contributed by atoms with Crippen LogP contribution in [-0.4, -0.2) is 35.2 Å². The van der Waals surface area contributed by atoms with E-state index in [0.717, 1.165) is 31.1 Å². The van der Waals surface area contributed by atoms with Crippen molar-refractivity contribution >= 4 is 21.8 Å². The molecule has 0 saturated heterocycles. The molecule has 136 valence electrons. The minimum atomic E-state index is -1.31. The summed E-state index contributed by atoms with van der Waals surface area (Å²) < 4.78 is 19.0. The van der Waals surface area contributed by atoms with E-state index in [1.165, 1.54) is 6.26 Å². The van der Waals surface area contributed by atoms with E-state index in [-0.39, 0.29) is 23.2 Å². The van der Waals surface area contributed by atoms with E-state index in [9.17, 15) is 9.00 Å². The summed E-state index contributed by atoms with van der Waals surface area (Å²) in [5.41, 5.74) is 1.02. The fourth-order valence-corrected chi connectivity index (χ4v) is 3.92. The quantitative estimate of drug-likeness (QED) is 0.644. The Labute approximate surface area is 152 Å². The maximum Gasteiger partial charge on any atom is 0.256 e. The molecule has 26 heavy (non-hydrogen) atoms. The standard InChI is InChI=1S/C17H19N5O3S/c1-10-20-21-14(25-10)8-11-7-12-9-18-17(26(2)24)19-15(12)22(16(11)23)13-5-3-4-6-13/h7,9,13H,3-6,8H2,1-2H3. The van der Waals surface area contributed by atoms with E-state index < -0.39 is 10.8 Å². The van der Waals surface area contributed by atoms with Crippen LogP contribution in [-0.2, 0) is 17.2 Å². The zero-order chi connectivity index (χ0) is 18.3. The van der Waals surface area contributed by atoms with E-state index >= 15 is 0 Å². The van der Waals surface area contributed by atoms with E-state index in [4.69, 9.17) is 4.42 Å². The van der Waals surface area contributed by atoms with Crippen LogP contribution in [0.4, 0.5) is 0 Å². The van der Waals surface area contributed by atoms with Crippen LogP contribution in [0.15, 0.2) is 26.6 Å². The lowest BCUT2D eigenvalue weighted by Crippen LogP contribution is -2.28. The number of aryl methyl sites for hydroxylation is 1. The normalized spacial score (nSPS) is 16.4. The van der Waals surface area contributed by atoms with Gasteiger partial charge in [0.15, 0.2) is 0 Å². The second-order valence-electron chi connectivity index (χ2n) is 6.56. The first-order valence-corrected chi connectivity index (χ1v) is 10.1. The maximum atomic E-state index is 13.2. The van der Waals surface area contributed by atoms with Crippen molar-refractivity contribution in [2.75, 3.05) is 6.26 Å². The summed E-state index contributed by atoms with van der Waals surface area (Å²) in [5.74, 6) is 0.874. The smallest absolute Gasteiger partial charge is 0.256 e. The molecular weight excluding hydrogens is 354 g/mol. The zero-order valence-electron chi connectivity index (χ0n) is 14.6. The van der Waals surface area contributed by atoms with E-state index in [1.54, 1.807) is 23.8 Å². The van der Waals surface area contributed by atoms with Crippen LogP contribution in [0.5, 0.6) is 0 Å². The molecule has 3 aromatic rings. The van der Waals surface area contributed by atoms with Gasteiger partial charge in [0.25, 0.3) is 5.56 Å². The van der Waals surface area contributed by atoms with Gasteiger partial charge in [-0.3, -0.25) is 13.6 Å². The number of pyridine rings is 1. The van der Waals surface area contributed by atoms with Crippen molar-refractivity contribution < 1.29 is 8.63 Å². The van der Waals surface area contributed by atoms with Crippen LogP contribution in [0.3, 0.4) is 0 Å². The summed E-state index contributed by atoms with van der Waals surface area (Å²) in [7, 11) is -1.31. The third kappa shape index (κ3) is 3.07. The highest BCUT2D eigenvalue weighted by atomic mass is 32.2. The van der Waals surface area contributed by atoms with Crippen molar-refractivity contribution in [1.29, 1.82) is 0 Å².